The SMILES string of the molecule is [B]c1ccc(C2N(c3ccc(F)cc3)CC23CCN(c2nc4ccc(Cl)cc4[nH]2)CC3)cc1. The minimum atomic E-state index is -0.210. The molecule has 2 aliphatic rings. The van der Waals surface area contributed by atoms with Crippen molar-refractivity contribution in [3.05, 3.63) is 83.1 Å². The monoisotopic (exact) mass is 456 g/mol. The molecule has 33 heavy (non-hydrogen) atoms. The van der Waals surface area contributed by atoms with Gasteiger partial charge in [-0.05, 0) is 60.9 Å². The molecule has 2 aliphatic heterocycles. The van der Waals surface area contributed by atoms with Crippen LogP contribution in [-0.2, 0) is 0 Å². The van der Waals surface area contributed by atoms with E-state index in [2.05, 4.69) is 26.9 Å². The molecule has 1 unspecified atom stereocenters. The molecule has 2 saturated heterocycles. The van der Waals surface area contributed by atoms with Crippen LogP contribution < -0.4 is 15.3 Å². The smallest absolute Gasteiger partial charge is 0.203 e. The normalized spacial score (nSPS) is 19.8. The number of aromatic nitrogens is 2. The Balaban J connectivity index is 1.26. The molecule has 0 amide bonds. The van der Waals surface area contributed by atoms with Gasteiger partial charge in [0.05, 0.1) is 17.1 Å². The fourth-order valence-electron chi connectivity index (χ4n) is 5.53. The number of aromatic amines is 1. The van der Waals surface area contributed by atoms with Crippen LogP contribution in [0.25, 0.3) is 11.0 Å². The fourth-order valence-corrected chi connectivity index (χ4v) is 5.71. The number of nitrogens with one attached hydrogen (secondary N) is 1. The third-order valence-corrected chi connectivity index (χ3v) is 7.51. The summed E-state index contributed by atoms with van der Waals surface area (Å²) in [5.74, 6) is 0.694. The zero-order valence-corrected chi connectivity index (χ0v) is 18.9. The summed E-state index contributed by atoms with van der Waals surface area (Å²) in [6, 6.07) is 21.0. The van der Waals surface area contributed by atoms with E-state index in [4.69, 9.17) is 24.4 Å². The van der Waals surface area contributed by atoms with Gasteiger partial charge in [-0.2, -0.15) is 0 Å². The van der Waals surface area contributed by atoms with E-state index in [-0.39, 0.29) is 17.3 Å². The number of imidazole rings is 1. The van der Waals surface area contributed by atoms with Crippen LogP contribution in [0.5, 0.6) is 0 Å². The molecule has 1 aromatic heterocycles. The molecule has 1 N–H and O–H groups in total. The molecular formula is C26H23BClFN4. The molecule has 164 valence electrons. The van der Waals surface area contributed by atoms with Gasteiger partial charge >= 0.3 is 0 Å². The first-order valence-corrected chi connectivity index (χ1v) is 11.7. The van der Waals surface area contributed by atoms with E-state index in [1.807, 2.05) is 42.5 Å². The number of rotatable bonds is 3. The first kappa shape index (κ1) is 20.6. The Bertz CT molecular complexity index is 1300. The number of piperidine rings is 1. The van der Waals surface area contributed by atoms with Gasteiger partial charge in [-0.3, -0.25) is 0 Å². The molecule has 1 atom stereocenters. The summed E-state index contributed by atoms with van der Waals surface area (Å²) in [5, 5.41) is 0.706. The predicted octanol–water partition coefficient (Wildman–Crippen LogP) is 5.00. The van der Waals surface area contributed by atoms with Crippen LogP contribution in [-0.4, -0.2) is 37.4 Å². The highest BCUT2D eigenvalue weighted by Gasteiger charge is 2.54. The largest absolute Gasteiger partial charge is 0.363 e. The van der Waals surface area contributed by atoms with Gasteiger partial charge < -0.3 is 14.8 Å². The van der Waals surface area contributed by atoms with Crippen LogP contribution in [0.2, 0.25) is 5.02 Å². The average molecular weight is 457 g/mol. The number of fused-ring (bicyclic) bond motifs is 1. The summed E-state index contributed by atoms with van der Waals surface area (Å²) in [5.41, 5.74) is 5.13. The van der Waals surface area contributed by atoms with Gasteiger partial charge in [0.2, 0.25) is 5.95 Å². The van der Waals surface area contributed by atoms with E-state index in [0.29, 0.717) is 5.02 Å². The maximum atomic E-state index is 13.5. The highest BCUT2D eigenvalue weighted by atomic mass is 35.5. The second kappa shape index (κ2) is 7.81. The Hall–Kier alpha value is -2.99. The molecule has 3 aromatic carbocycles. The molecule has 2 fully saturated rings. The van der Waals surface area contributed by atoms with Crippen molar-refractivity contribution in [1.29, 1.82) is 0 Å². The number of H-pyrrole nitrogens is 1. The first-order chi connectivity index (χ1) is 16.0. The van der Waals surface area contributed by atoms with Gasteiger partial charge in [-0.1, -0.05) is 41.3 Å². The van der Waals surface area contributed by atoms with Gasteiger partial charge in [0.1, 0.15) is 13.7 Å². The van der Waals surface area contributed by atoms with Gasteiger partial charge in [0.15, 0.2) is 0 Å². The van der Waals surface area contributed by atoms with Crippen LogP contribution in [0.15, 0.2) is 66.7 Å². The van der Waals surface area contributed by atoms with Crippen molar-refractivity contribution >= 4 is 47.6 Å². The third kappa shape index (κ3) is 3.57. The van der Waals surface area contributed by atoms with Crippen molar-refractivity contribution in [2.75, 3.05) is 29.4 Å². The number of halogens is 2. The summed E-state index contributed by atoms with van der Waals surface area (Å²) in [4.78, 5) is 12.9. The summed E-state index contributed by atoms with van der Waals surface area (Å²) < 4.78 is 13.5. The molecule has 2 radical (unpaired) electrons. The lowest BCUT2D eigenvalue weighted by Gasteiger charge is -2.61. The molecule has 3 heterocycles. The number of nitrogens with zero attached hydrogens (tertiary/aromatic N) is 3. The van der Waals surface area contributed by atoms with Crippen molar-refractivity contribution < 1.29 is 4.39 Å². The molecule has 7 heteroatoms. The number of anilines is 2. The van der Waals surface area contributed by atoms with Crippen molar-refractivity contribution in [1.82, 2.24) is 9.97 Å². The molecule has 4 aromatic rings. The minimum absolute atomic E-state index is 0.163. The standard InChI is InChI=1S/C26H23BClFN4/c27-18-3-1-17(2-4-18)24-26(16-33(24)21-8-6-20(29)7-9-21)11-13-32(14-12-26)25-30-22-10-5-19(28)15-23(22)31-25/h1-10,15,24H,11-14,16H2,(H,30,31). The number of hydrogen-bond donors (Lipinski definition) is 1. The topological polar surface area (TPSA) is 35.2 Å². The highest BCUT2D eigenvalue weighted by Crippen LogP contribution is 2.56. The van der Waals surface area contributed by atoms with Crippen LogP contribution in [0.3, 0.4) is 0 Å². The molecular weight excluding hydrogens is 434 g/mol. The second-order valence-corrected chi connectivity index (χ2v) is 9.68. The zero-order valence-electron chi connectivity index (χ0n) is 18.1. The molecule has 0 aliphatic carbocycles. The Morgan fingerprint density at radius 2 is 1.73 bits per heavy atom. The van der Waals surface area contributed by atoms with Crippen LogP contribution in [0, 0.1) is 11.2 Å². The van der Waals surface area contributed by atoms with E-state index < -0.39 is 0 Å². The van der Waals surface area contributed by atoms with Crippen LogP contribution in [0.4, 0.5) is 16.0 Å². The lowest BCUT2D eigenvalue weighted by atomic mass is 9.62. The Morgan fingerprint density at radius 1 is 1.00 bits per heavy atom. The fraction of sp³-hybridized carbons (Fsp3) is 0.269. The van der Waals surface area contributed by atoms with Gasteiger partial charge in [-0.25, -0.2) is 9.37 Å². The molecule has 4 nitrogen and oxygen atoms in total. The Morgan fingerprint density at radius 3 is 2.45 bits per heavy atom. The molecule has 6 rings (SSSR count). The number of benzene rings is 3. The molecule has 1 spiro atoms. The quantitative estimate of drug-likeness (QED) is 0.441. The summed E-state index contributed by atoms with van der Waals surface area (Å²) >= 11 is 6.14. The Kier molecular flexibility index (Phi) is 4.87. The van der Waals surface area contributed by atoms with Crippen LogP contribution >= 0.6 is 11.6 Å². The molecule has 0 bridgehead atoms. The Labute approximate surface area is 198 Å². The van der Waals surface area contributed by atoms with Gasteiger partial charge in [0.25, 0.3) is 0 Å². The lowest BCUT2D eigenvalue weighted by molar-refractivity contribution is 0.0900. The van der Waals surface area contributed by atoms with Crippen molar-refractivity contribution in [3.63, 3.8) is 0 Å². The average Bonchev–Trinajstić information content (AvgIpc) is 3.23. The third-order valence-electron chi connectivity index (χ3n) is 7.28. The molecule has 0 saturated carbocycles. The maximum Gasteiger partial charge on any atom is 0.203 e. The second-order valence-electron chi connectivity index (χ2n) is 9.24. The first-order valence-electron chi connectivity index (χ1n) is 11.3. The summed E-state index contributed by atoms with van der Waals surface area (Å²) in [6.45, 7) is 2.81. The van der Waals surface area contributed by atoms with Crippen molar-refractivity contribution in [2.24, 2.45) is 5.41 Å². The lowest BCUT2D eigenvalue weighted by Crippen LogP contribution is -2.62. The van der Waals surface area contributed by atoms with Crippen molar-refractivity contribution in [3.8, 4) is 0 Å². The maximum absolute atomic E-state index is 13.5. The zero-order chi connectivity index (χ0) is 22.6. The van der Waals surface area contributed by atoms with Crippen LogP contribution in [0.1, 0.15) is 24.4 Å². The van der Waals surface area contributed by atoms with E-state index in [1.54, 1.807) is 0 Å². The van der Waals surface area contributed by atoms with Crippen molar-refractivity contribution in [2.45, 2.75) is 18.9 Å². The summed E-state index contributed by atoms with van der Waals surface area (Å²) in [7, 11) is 5.96. The van der Waals surface area contributed by atoms with Gasteiger partial charge in [-0.15, -0.1) is 0 Å². The summed E-state index contributed by atoms with van der Waals surface area (Å²) in [6.07, 6.45) is 2.11. The minimum Gasteiger partial charge on any atom is -0.363 e. The predicted molar refractivity (Wildman–Crippen MR) is 133 cm³/mol. The van der Waals surface area contributed by atoms with E-state index in [1.165, 1.54) is 17.7 Å². The van der Waals surface area contributed by atoms with E-state index in [9.17, 15) is 4.39 Å². The highest BCUT2D eigenvalue weighted by molar-refractivity contribution is 6.32. The number of hydrogen-bond acceptors (Lipinski definition) is 3. The van der Waals surface area contributed by atoms with E-state index >= 15 is 0 Å². The van der Waals surface area contributed by atoms with Gasteiger partial charge in [0, 0.05) is 35.8 Å². The van der Waals surface area contributed by atoms with E-state index in [0.717, 1.165) is 60.6 Å².